The van der Waals surface area contributed by atoms with E-state index in [9.17, 15) is 4.79 Å². The standard InChI is InChI=1S/C12H19NO2/c1-2-8-13-12(14)11-10(15-11)9-6-4-3-5-7-9/h2,9-11H,1,3-8H2,(H,13,14)/t10-,11+/m0/s1. The molecule has 1 saturated carbocycles. The summed E-state index contributed by atoms with van der Waals surface area (Å²) in [6, 6.07) is 0. The van der Waals surface area contributed by atoms with Crippen LogP contribution < -0.4 is 5.32 Å². The minimum absolute atomic E-state index is 0.0328. The van der Waals surface area contributed by atoms with Crippen molar-refractivity contribution in [2.24, 2.45) is 5.92 Å². The van der Waals surface area contributed by atoms with E-state index in [2.05, 4.69) is 11.9 Å². The van der Waals surface area contributed by atoms with Gasteiger partial charge in [0.1, 0.15) is 0 Å². The molecule has 3 heteroatoms. The van der Waals surface area contributed by atoms with Crippen molar-refractivity contribution in [1.82, 2.24) is 5.32 Å². The van der Waals surface area contributed by atoms with Crippen LogP contribution in [0, 0.1) is 5.92 Å². The molecule has 0 unspecified atom stereocenters. The van der Waals surface area contributed by atoms with Crippen molar-refractivity contribution in [3.8, 4) is 0 Å². The zero-order valence-electron chi connectivity index (χ0n) is 9.08. The van der Waals surface area contributed by atoms with Crippen LogP contribution in [0.3, 0.4) is 0 Å². The Morgan fingerprint density at radius 1 is 1.40 bits per heavy atom. The number of carbonyl (C=O) groups excluding carboxylic acids is 1. The van der Waals surface area contributed by atoms with Crippen molar-refractivity contribution in [2.45, 2.75) is 44.3 Å². The van der Waals surface area contributed by atoms with Crippen LogP contribution in [-0.2, 0) is 9.53 Å². The SMILES string of the molecule is C=CCNC(=O)[C@@H]1O[C@H]1C1CCCCC1. The molecule has 1 saturated heterocycles. The zero-order valence-corrected chi connectivity index (χ0v) is 9.08. The van der Waals surface area contributed by atoms with E-state index < -0.39 is 0 Å². The first-order valence-corrected chi connectivity index (χ1v) is 5.87. The highest BCUT2D eigenvalue weighted by Crippen LogP contribution is 2.38. The Labute approximate surface area is 90.9 Å². The van der Waals surface area contributed by atoms with Gasteiger partial charge < -0.3 is 10.1 Å². The molecule has 1 aliphatic carbocycles. The van der Waals surface area contributed by atoms with E-state index in [0.29, 0.717) is 12.5 Å². The van der Waals surface area contributed by atoms with E-state index in [4.69, 9.17) is 4.74 Å². The number of amides is 1. The average molecular weight is 209 g/mol. The number of ether oxygens (including phenoxy) is 1. The molecule has 1 heterocycles. The second kappa shape index (κ2) is 4.79. The predicted octanol–water partition coefficient (Wildman–Crippen LogP) is 1.64. The first-order chi connectivity index (χ1) is 7.33. The Morgan fingerprint density at radius 3 is 2.80 bits per heavy atom. The molecule has 0 aromatic carbocycles. The fraction of sp³-hybridized carbons (Fsp3) is 0.750. The lowest BCUT2D eigenvalue weighted by Crippen LogP contribution is -2.30. The smallest absolute Gasteiger partial charge is 0.252 e. The highest BCUT2D eigenvalue weighted by atomic mass is 16.6. The summed E-state index contributed by atoms with van der Waals surface area (Å²) in [4.78, 5) is 11.5. The van der Waals surface area contributed by atoms with Gasteiger partial charge in [0.2, 0.25) is 0 Å². The third-order valence-corrected chi connectivity index (χ3v) is 3.32. The number of hydrogen-bond acceptors (Lipinski definition) is 2. The van der Waals surface area contributed by atoms with E-state index in [1.807, 2.05) is 0 Å². The minimum atomic E-state index is -0.173. The van der Waals surface area contributed by atoms with E-state index in [0.717, 1.165) is 0 Å². The highest BCUT2D eigenvalue weighted by Gasteiger charge is 2.49. The third kappa shape index (κ3) is 2.59. The fourth-order valence-electron chi connectivity index (χ4n) is 2.43. The van der Waals surface area contributed by atoms with Crippen molar-refractivity contribution in [1.29, 1.82) is 0 Å². The van der Waals surface area contributed by atoms with Gasteiger partial charge in [-0.05, 0) is 18.8 Å². The third-order valence-electron chi connectivity index (χ3n) is 3.32. The van der Waals surface area contributed by atoms with E-state index in [1.54, 1.807) is 6.08 Å². The number of epoxide rings is 1. The van der Waals surface area contributed by atoms with Crippen LogP contribution in [0.5, 0.6) is 0 Å². The molecule has 0 radical (unpaired) electrons. The summed E-state index contributed by atoms with van der Waals surface area (Å²) in [5.41, 5.74) is 0. The van der Waals surface area contributed by atoms with E-state index in [1.165, 1.54) is 32.1 Å². The fourth-order valence-corrected chi connectivity index (χ4v) is 2.43. The molecule has 1 N–H and O–H groups in total. The normalized spacial score (nSPS) is 30.9. The lowest BCUT2D eigenvalue weighted by atomic mass is 9.86. The molecule has 1 amide bonds. The van der Waals surface area contributed by atoms with Crippen LogP contribution in [-0.4, -0.2) is 24.7 Å². The Morgan fingerprint density at radius 2 is 2.13 bits per heavy atom. The number of rotatable bonds is 4. The number of nitrogens with one attached hydrogen (secondary N) is 1. The topological polar surface area (TPSA) is 41.6 Å². The van der Waals surface area contributed by atoms with Gasteiger partial charge in [-0.15, -0.1) is 6.58 Å². The molecule has 84 valence electrons. The first kappa shape index (κ1) is 10.7. The van der Waals surface area contributed by atoms with Gasteiger partial charge in [0.05, 0.1) is 6.10 Å². The van der Waals surface area contributed by atoms with Crippen LogP contribution in [0.25, 0.3) is 0 Å². The van der Waals surface area contributed by atoms with Crippen molar-refractivity contribution in [3.05, 3.63) is 12.7 Å². The maximum atomic E-state index is 11.5. The quantitative estimate of drug-likeness (QED) is 0.565. The molecule has 2 fully saturated rings. The summed E-state index contributed by atoms with van der Waals surface area (Å²) in [5.74, 6) is 0.656. The molecule has 2 aliphatic rings. The summed E-state index contributed by atoms with van der Waals surface area (Å²) < 4.78 is 5.47. The Hall–Kier alpha value is -0.830. The molecule has 15 heavy (non-hydrogen) atoms. The Bertz CT molecular complexity index is 246. The van der Waals surface area contributed by atoms with Crippen LogP contribution in [0.4, 0.5) is 0 Å². The van der Waals surface area contributed by atoms with Gasteiger partial charge in [0.15, 0.2) is 6.10 Å². The highest BCUT2D eigenvalue weighted by molar-refractivity contribution is 5.83. The Balaban J connectivity index is 1.74. The molecular weight excluding hydrogens is 190 g/mol. The van der Waals surface area contributed by atoms with Crippen LogP contribution >= 0.6 is 0 Å². The summed E-state index contributed by atoms with van der Waals surface area (Å²) >= 11 is 0. The summed E-state index contributed by atoms with van der Waals surface area (Å²) in [6.07, 6.45) is 8.12. The van der Waals surface area contributed by atoms with Crippen LogP contribution in [0.1, 0.15) is 32.1 Å². The first-order valence-electron chi connectivity index (χ1n) is 5.87. The molecule has 0 aromatic rings. The van der Waals surface area contributed by atoms with Gasteiger partial charge >= 0.3 is 0 Å². The number of hydrogen-bond donors (Lipinski definition) is 1. The molecule has 1 aliphatic heterocycles. The maximum absolute atomic E-state index is 11.5. The van der Waals surface area contributed by atoms with Crippen LogP contribution in [0.2, 0.25) is 0 Å². The molecule has 3 nitrogen and oxygen atoms in total. The molecule has 0 aromatic heterocycles. The minimum Gasteiger partial charge on any atom is -0.359 e. The Kier molecular flexibility index (Phi) is 3.41. The lowest BCUT2D eigenvalue weighted by molar-refractivity contribution is -0.122. The van der Waals surface area contributed by atoms with Gasteiger partial charge in [-0.3, -0.25) is 4.79 Å². The zero-order chi connectivity index (χ0) is 10.7. The van der Waals surface area contributed by atoms with Gasteiger partial charge in [-0.2, -0.15) is 0 Å². The van der Waals surface area contributed by atoms with Crippen LogP contribution in [0.15, 0.2) is 12.7 Å². The summed E-state index contributed by atoms with van der Waals surface area (Å²) in [7, 11) is 0. The number of carbonyl (C=O) groups is 1. The summed E-state index contributed by atoms with van der Waals surface area (Å²) in [6.45, 7) is 4.10. The molecule has 0 bridgehead atoms. The molecule has 0 spiro atoms. The average Bonchev–Trinajstić information content (AvgIpc) is 3.07. The van der Waals surface area contributed by atoms with Crippen molar-refractivity contribution < 1.29 is 9.53 Å². The maximum Gasteiger partial charge on any atom is 0.252 e. The molecular formula is C12H19NO2. The van der Waals surface area contributed by atoms with Crippen molar-refractivity contribution >= 4 is 5.91 Å². The van der Waals surface area contributed by atoms with Gasteiger partial charge in [0.25, 0.3) is 5.91 Å². The predicted molar refractivity (Wildman–Crippen MR) is 58.4 cm³/mol. The van der Waals surface area contributed by atoms with E-state index in [-0.39, 0.29) is 18.1 Å². The van der Waals surface area contributed by atoms with Gasteiger partial charge in [-0.1, -0.05) is 25.3 Å². The monoisotopic (exact) mass is 209 g/mol. The molecule has 2 rings (SSSR count). The largest absolute Gasteiger partial charge is 0.359 e. The van der Waals surface area contributed by atoms with E-state index >= 15 is 0 Å². The van der Waals surface area contributed by atoms with Gasteiger partial charge in [-0.25, -0.2) is 0 Å². The lowest BCUT2D eigenvalue weighted by Gasteiger charge is -2.19. The molecule has 2 atom stereocenters. The van der Waals surface area contributed by atoms with Crippen molar-refractivity contribution in [3.63, 3.8) is 0 Å². The van der Waals surface area contributed by atoms with Gasteiger partial charge in [0, 0.05) is 6.54 Å². The second-order valence-corrected chi connectivity index (χ2v) is 4.45. The summed E-state index contributed by atoms with van der Waals surface area (Å²) in [5, 5.41) is 2.78. The second-order valence-electron chi connectivity index (χ2n) is 4.45. The van der Waals surface area contributed by atoms with Crippen molar-refractivity contribution in [2.75, 3.05) is 6.54 Å².